The molecule has 4 rings (SSSR count). The van der Waals surface area contributed by atoms with Crippen molar-refractivity contribution in [2.24, 2.45) is 0 Å². The van der Waals surface area contributed by atoms with E-state index in [4.69, 9.17) is 11.6 Å². The molecule has 3 N–H and O–H groups in total. The molecular weight excluding hydrogens is 460 g/mol. The summed E-state index contributed by atoms with van der Waals surface area (Å²) in [7, 11) is 0. The van der Waals surface area contributed by atoms with Gasteiger partial charge in [-0.05, 0) is 35.9 Å². The number of allylic oxidation sites excluding steroid dienone is 1. The molecule has 1 aliphatic rings. The molecular formula is C20H14BrClN4O3. The first-order chi connectivity index (χ1) is 13.9. The fourth-order valence-electron chi connectivity index (χ4n) is 3.04. The number of amides is 1. The first-order valence-electron chi connectivity index (χ1n) is 8.55. The lowest BCUT2D eigenvalue weighted by atomic mass is 10.0. The molecule has 2 heterocycles. The molecule has 1 aromatic heterocycles. The van der Waals surface area contributed by atoms with Gasteiger partial charge in [0.1, 0.15) is 17.1 Å². The summed E-state index contributed by atoms with van der Waals surface area (Å²) in [6.07, 6.45) is 2.96. The van der Waals surface area contributed by atoms with Gasteiger partial charge < -0.3 is 15.7 Å². The molecule has 1 atom stereocenters. The van der Waals surface area contributed by atoms with Crippen LogP contribution >= 0.6 is 27.5 Å². The Morgan fingerprint density at radius 2 is 1.90 bits per heavy atom. The summed E-state index contributed by atoms with van der Waals surface area (Å²) in [6, 6.07) is 13.8. The monoisotopic (exact) mass is 472 g/mol. The van der Waals surface area contributed by atoms with Crippen molar-refractivity contribution in [3.05, 3.63) is 87.1 Å². The number of carboxylic acids is 1. The molecule has 0 saturated carbocycles. The van der Waals surface area contributed by atoms with Crippen molar-refractivity contribution < 1.29 is 14.7 Å². The normalized spacial score (nSPS) is 15.1. The lowest BCUT2D eigenvalue weighted by Crippen LogP contribution is -2.25. The minimum absolute atomic E-state index is 0.0299. The van der Waals surface area contributed by atoms with Crippen molar-refractivity contribution in [2.45, 2.75) is 6.04 Å². The molecule has 0 fully saturated rings. The number of anilines is 2. The van der Waals surface area contributed by atoms with E-state index >= 15 is 0 Å². The topological polar surface area (TPSA) is 96.2 Å². The van der Waals surface area contributed by atoms with E-state index < -0.39 is 17.9 Å². The van der Waals surface area contributed by atoms with Gasteiger partial charge in [0, 0.05) is 4.47 Å². The maximum Gasteiger partial charge on any atom is 0.352 e. The molecule has 29 heavy (non-hydrogen) atoms. The fourth-order valence-corrected chi connectivity index (χ4v) is 3.48. The van der Waals surface area contributed by atoms with Gasteiger partial charge in [0.25, 0.3) is 5.91 Å². The number of carboxylic acid groups (broad SMARTS) is 1. The van der Waals surface area contributed by atoms with Crippen molar-refractivity contribution >= 4 is 50.9 Å². The number of para-hydroxylation sites is 1. The molecule has 0 saturated heterocycles. The van der Waals surface area contributed by atoms with Crippen LogP contribution in [0, 0.1) is 0 Å². The minimum atomic E-state index is -1.13. The van der Waals surface area contributed by atoms with Crippen LogP contribution in [0.15, 0.2) is 71.0 Å². The average molecular weight is 474 g/mol. The molecule has 1 aliphatic heterocycles. The first-order valence-corrected chi connectivity index (χ1v) is 9.72. The summed E-state index contributed by atoms with van der Waals surface area (Å²) < 4.78 is 2.48. The number of nitrogens with one attached hydrogen (secondary N) is 2. The molecule has 0 spiro atoms. The molecule has 1 amide bonds. The van der Waals surface area contributed by atoms with Crippen molar-refractivity contribution in [1.82, 2.24) is 9.78 Å². The van der Waals surface area contributed by atoms with Crippen LogP contribution in [-0.4, -0.2) is 26.8 Å². The predicted octanol–water partition coefficient (Wildman–Crippen LogP) is 4.53. The molecule has 146 valence electrons. The maximum absolute atomic E-state index is 12.8. The zero-order valence-corrected chi connectivity index (χ0v) is 17.1. The summed E-state index contributed by atoms with van der Waals surface area (Å²) in [5.74, 6) is -1.28. The molecule has 0 aliphatic carbocycles. The average Bonchev–Trinajstić information content (AvgIpc) is 3.14. The second-order valence-corrected chi connectivity index (χ2v) is 7.62. The van der Waals surface area contributed by atoms with Crippen LogP contribution in [0.25, 0.3) is 0 Å². The molecule has 2 aromatic carbocycles. The van der Waals surface area contributed by atoms with Gasteiger partial charge in [-0.2, -0.15) is 5.10 Å². The second kappa shape index (κ2) is 7.73. The van der Waals surface area contributed by atoms with Crippen LogP contribution in [0.3, 0.4) is 0 Å². The van der Waals surface area contributed by atoms with E-state index in [1.54, 1.807) is 35.0 Å². The van der Waals surface area contributed by atoms with Crippen LogP contribution < -0.4 is 10.6 Å². The Bertz CT molecular complexity index is 1140. The van der Waals surface area contributed by atoms with Gasteiger partial charge in [-0.15, -0.1) is 0 Å². The van der Waals surface area contributed by atoms with Crippen molar-refractivity contribution in [3.63, 3.8) is 0 Å². The zero-order valence-electron chi connectivity index (χ0n) is 14.8. The summed E-state index contributed by atoms with van der Waals surface area (Å²) in [5.41, 5.74) is 1.46. The third kappa shape index (κ3) is 3.76. The van der Waals surface area contributed by atoms with Crippen LogP contribution in [0.4, 0.5) is 11.5 Å². The number of rotatable bonds is 4. The number of hydrogen-bond acceptors (Lipinski definition) is 4. The van der Waals surface area contributed by atoms with Gasteiger partial charge >= 0.3 is 5.97 Å². The van der Waals surface area contributed by atoms with Gasteiger partial charge in [0.2, 0.25) is 0 Å². The van der Waals surface area contributed by atoms with Gasteiger partial charge in [0.15, 0.2) is 0 Å². The van der Waals surface area contributed by atoms with E-state index in [1.807, 2.05) is 24.3 Å². The van der Waals surface area contributed by atoms with E-state index in [2.05, 4.69) is 31.7 Å². The Morgan fingerprint density at radius 1 is 1.17 bits per heavy atom. The van der Waals surface area contributed by atoms with Crippen LogP contribution in [-0.2, 0) is 4.79 Å². The van der Waals surface area contributed by atoms with Crippen molar-refractivity contribution in [2.75, 3.05) is 10.6 Å². The summed E-state index contributed by atoms with van der Waals surface area (Å²) in [4.78, 5) is 24.5. The molecule has 7 nitrogen and oxygen atoms in total. The molecule has 9 heteroatoms. The highest BCUT2D eigenvalue weighted by atomic mass is 79.9. The largest absolute Gasteiger partial charge is 0.477 e. The SMILES string of the molecule is O=C(O)C1=C[C@H](c2ccc(Br)cc2)n2ncc(C(=O)Nc3ccccc3Cl)c2N1. The molecule has 0 bridgehead atoms. The summed E-state index contributed by atoms with van der Waals surface area (Å²) in [5, 5.41) is 19.8. The number of fused-ring (bicyclic) bond motifs is 1. The van der Waals surface area contributed by atoms with E-state index in [-0.39, 0.29) is 11.3 Å². The Balaban J connectivity index is 1.73. The number of aromatic nitrogens is 2. The number of hydrogen-bond donors (Lipinski definition) is 3. The number of aliphatic carboxylic acids is 1. The number of carbonyl (C=O) groups is 2. The van der Waals surface area contributed by atoms with Crippen molar-refractivity contribution in [1.29, 1.82) is 0 Å². The Kier molecular flexibility index (Phi) is 5.12. The van der Waals surface area contributed by atoms with Gasteiger partial charge in [0.05, 0.1) is 22.9 Å². The molecule has 0 unspecified atom stereocenters. The van der Waals surface area contributed by atoms with Gasteiger partial charge in [-0.3, -0.25) is 4.79 Å². The molecule has 0 radical (unpaired) electrons. The standard InChI is InChI=1S/C20H14BrClN4O3/c21-12-7-5-11(6-8-12)17-9-16(20(28)29)24-18-13(10-23-26(17)18)19(27)25-15-4-2-1-3-14(15)22/h1-10,17,24H,(H,25,27)(H,28,29)/t17-/m1/s1. The van der Waals surface area contributed by atoms with E-state index in [0.29, 0.717) is 16.5 Å². The van der Waals surface area contributed by atoms with E-state index in [9.17, 15) is 14.7 Å². The lowest BCUT2D eigenvalue weighted by Gasteiger charge is -2.24. The predicted molar refractivity (Wildman–Crippen MR) is 113 cm³/mol. The Hall–Kier alpha value is -3.10. The fraction of sp³-hybridized carbons (Fsp3) is 0.0500. The second-order valence-electron chi connectivity index (χ2n) is 6.29. The summed E-state index contributed by atoms with van der Waals surface area (Å²) >= 11 is 9.50. The number of nitrogens with zero attached hydrogens (tertiary/aromatic N) is 2. The summed E-state index contributed by atoms with van der Waals surface area (Å²) in [6.45, 7) is 0. The lowest BCUT2D eigenvalue weighted by molar-refractivity contribution is -0.132. The van der Waals surface area contributed by atoms with Gasteiger partial charge in [-0.25, -0.2) is 9.48 Å². The highest BCUT2D eigenvalue weighted by Crippen LogP contribution is 2.33. The number of halogens is 2. The smallest absolute Gasteiger partial charge is 0.352 e. The Labute approximate surface area is 179 Å². The number of carbonyl (C=O) groups excluding carboxylic acids is 1. The minimum Gasteiger partial charge on any atom is -0.477 e. The Morgan fingerprint density at radius 3 is 2.59 bits per heavy atom. The van der Waals surface area contributed by atoms with Crippen LogP contribution in [0.5, 0.6) is 0 Å². The van der Waals surface area contributed by atoms with Gasteiger partial charge in [-0.1, -0.05) is 51.8 Å². The van der Waals surface area contributed by atoms with Crippen LogP contribution in [0.2, 0.25) is 5.02 Å². The van der Waals surface area contributed by atoms with E-state index in [0.717, 1.165) is 10.0 Å². The quantitative estimate of drug-likeness (QED) is 0.517. The third-order valence-electron chi connectivity index (χ3n) is 4.45. The molecule has 3 aromatic rings. The zero-order chi connectivity index (χ0) is 20.5. The highest BCUT2D eigenvalue weighted by Gasteiger charge is 2.29. The van der Waals surface area contributed by atoms with Crippen molar-refractivity contribution in [3.8, 4) is 0 Å². The maximum atomic E-state index is 12.8. The third-order valence-corrected chi connectivity index (χ3v) is 5.30. The number of benzene rings is 2. The van der Waals surface area contributed by atoms with E-state index in [1.165, 1.54) is 6.20 Å². The highest BCUT2D eigenvalue weighted by molar-refractivity contribution is 9.10. The first kappa shape index (κ1) is 19.2. The van der Waals surface area contributed by atoms with Crippen LogP contribution in [0.1, 0.15) is 22.0 Å².